The van der Waals surface area contributed by atoms with Gasteiger partial charge < -0.3 is 7.80 Å². The Morgan fingerprint density at radius 2 is 2.17 bits per heavy atom. The Labute approximate surface area is 83.8 Å². The molecular formula is C6H8INO4. The van der Waals surface area contributed by atoms with Gasteiger partial charge in [-0.15, -0.1) is 0 Å². The van der Waals surface area contributed by atoms with E-state index in [9.17, 15) is 9.59 Å². The van der Waals surface area contributed by atoms with Crippen molar-refractivity contribution in [1.29, 1.82) is 0 Å². The standard InChI is InChI=1S/C6H8INO4/c1-4(2)5(9)11-3-8-6(10)12-7/h1,3H2,2H3,(H,8,10). The van der Waals surface area contributed by atoms with Gasteiger partial charge in [0, 0.05) is 5.57 Å². The van der Waals surface area contributed by atoms with Crippen LogP contribution in [0.15, 0.2) is 12.2 Å². The topological polar surface area (TPSA) is 64.6 Å². The van der Waals surface area contributed by atoms with Gasteiger partial charge in [-0.1, -0.05) is 6.58 Å². The zero-order valence-electron chi connectivity index (χ0n) is 6.43. The van der Waals surface area contributed by atoms with Crippen LogP contribution in [0.25, 0.3) is 0 Å². The van der Waals surface area contributed by atoms with Crippen LogP contribution in [-0.4, -0.2) is 18.8 Å². The second kappa shape index (κ2) is 5.81. The van der Waals surface area contributed by atoms with Crippen LogP contribution in [0.5, 0.6) is 0 Å². The third-order valence-electron chi connectivity index (χ3n) is 0.838. The Balaban J connectivity index is 3.50. The zero-order valence-corrected chi connectivity index (χ0v) is 8.58. The van der Waals surface area contributed by atoms with Crippen LogP contribution in [0.4, 0.5) is 4.79 Å². The minimum Gasteiger partial charge on any atom is -0.441 e. The first kappa shape index (κ1) is 11.2. The second-order valence-electron chi connectivity index (χ2n) is 1.90. The van der Waals surface area contributed by atoms with Crippen LogP contribution >= 0.6 is 23.0 Å². The van der Waals surface area contributed by atoms with Gasteiger partial charge in [0.15, 0.2) is 29.7 Å². The van der Waals surface area contributed by atoms with Crippen molar-refractivity contribution in [2.45, 2.75) is 6.92 Å². The molecule has 12 heavy (non-hydrogen) atoms. The first-order valence-corrected chi connectivity index (χ1v) is 3.85. The molecule has 0 saturated carbocycles. The smallest absolute Gasteiger partial charge is 0.419 e. The summed E-state index contributed by atoms with van der Waals surface area (Å²) in [7, 11) is 0. The first-order valence-electron chi connectivity index (χ1n) is 2.97. The van der Waals surface area contributed by atoms with Crippen molar-refractivity contribution in [3.05, 3.63) is 12.2 Å². The van der Waals surface area contributed by atoms with Gasteiger partial charge in [-0.3, -0.25) is 5.32 Å². The molecule has 0 fully saturated rings. The number of halogens is 1. The highest BCUT2D eigenvalue weighted by Gasteiger charge is 2.03. The lowest BCUT2D eigenvalue weighted by atomic mass is 10.4. The second-order valence-corrected chi connectivity index (χ2v) is 2.34. The summed E-state index contributed by atoms with van der Waals surface area (Å²) in [5.41, 5.74) is 0.277. The molecule has 0 unspecified atom stereocenters. The number of rotatable bonds is 3. The van der Waals surface area contributed by atoms with Gasteiger partial charge >= 0.3 is 12.1 Å². The monoisotopic (exact) mass is 285 g/mol. The molecule has 5 nitrogen and oxygen atoms in total. The fourth-order valence-corrected chi connectivity index (χ4v) is 0.467. The molecule has 0 aromatic rings. The Morgan fingerprint density at radius 1 is 1.58 bits per heavy atom. The zero-order chi connectivity index (χ0) is 9.56. The maximum Gasteiger partial charge on any atom is 0.419 e. The van der Waals surface area contributed by atoms with Crippen molar-refractivity contribution in [2.24, 2.45) is 0 Å². The molecule has 1 amide bonds. The summed E-state index contributed by atoms with van der Waals surface area (Å²) in [6.07, 6.45) is -0.662. The van der Waals surface area contributed by atoms with E-state index in [0.717, 1.165) is 0 Å². The number of carbonyl (C=O) groups excluding carboxylic acids is 2. The molecule has 0 bridgehead atoms. The minimum absolute atomic E-state index is 0.215. The van der Waals surface area contributed by atoms with E-state index in [0.29, 0.717) is 0 Å². The van der Waals surface area contributed by atoms with Crippen LogP contribution in [0, 0.1) is 0 Å². The highest BCUT2D eigenvalue weighted by molar-refractivity contribution is 14.1. The fraction of sp³-hybridized carbons (Fsp3) is 0.333. The van der Waals surface area contributed by atoms with Crippen LogP contribution in [0.1, 0.15) is 6.92 Å². The lowest BCUT2D eigenvalue weighted by molar-refractivity contribution is -0.139. The van der Waals surface area contributed by atoms with E-state index < -0.39 is 12.1 Å². The van der Waals surface area contributed by atoms with E-state index >= 15 is 0 Å². The average Bonchev–Trinajstić information content (AvgIpc) is 2.03. The summed E-state index contributed by atoms with van der Waals surface area (Å²) in [6, 6.07) is 0. The van der Waals surface area contributed by atoms with Gasteiger partial charge in [-0.05, 0) is 6.92 Å². The summed E-state index contributed by atoms with van der Waals surface area (Å²) in [5, 5.41) is 2.17. The maximum atomic E-state index is 10.7. The Morgan fingerprint density at radius 3 is 2.58 bits per heavy atom. The van der Waals surface area contributed by atoms with E-state index in [4.69, 9.17) is 0 Å². The first-order chi connectivity index (χ1) is 5.57. The minimum atomic E-state index is -0.662. The number of carbonyl (C=O) groups is 2. The Kier molecular flexibility index (Phi) is 5.43. The van der Waals surface area contributed by atoms with Crippen molar-refractivity contribution < 1.29 is 17.4 Å². The highest BCUT2D eigenvalue weighted by Crippen LogP contribution is 1.91. The number of amides is 1. The van der Waals surface area contributed by atoms with Crippen molar-refractivity contribution >= 4 is 35.1 Å². The molecule has 0 aliphatic carbocycles. The quantitative estimate of drug-likeness (QED) is 0.365. The molecule has 1 N–H and O–H groups in total. The van der Waals surface area contributed by atoms with Crippen LogP contribution in [0.2, 0.25) is 0 Å². The predicted octanol–water partition coefficient (Wildman–Crippen LogP) is 1.14. The number of nitrogens with one attached hydrogen (secondary N) is 1. The van der Waals surface area contributed by atoms with E-state index in [-0.39, 0.29) is 12.3 Å². The fourth-order valence-electron chi connectivity index (χ4n) is 0.311. The SMILES string of the molecule is C=C(C)C(=O)OCNC(=O)OI. The number of hydrogen-bond donors (Lipinski definition) is 1. The number of esters is 1. The molecule has 6 heteroatoms. The molecule has 0 heterocycles. The molecule has 0 atom stereocenters. The third kappa shape index (κ3) is 4.94. The molecule has 0 aromatic carbocycles. The van der Waals surface area contributed by atoms with Crippen molar-refractivity contribution in [1.82, 2.24) is 5.32 Å². The molecule has 0 aliphatic rings. The van der Waals surface area contributed by atoms with E-state index in [1.165, 1.54) is 29.9 Å². The molecule has 0 aromatic heterocycles. The highest BCUT2D eigenvalue weighted by atomic mass is 127. The van der Waals surface area contributed by atoms with Crippen LogP contribution in [0.3, 0.4) is 0 Å². The largest absolute Gasteiger partial charge is 0.441 e. The van der Waals surface area contributed by atoms with Crippen molar-refractivity contribution in [3.63, 3.8) is 0 Å². The van der Waals surface area contributed by atoms with Gasteiger partial charge in [-0.2, -0.15) is 0 Å². The van der Waals surface area contributed by atoms with Gasteiger partial charge in [0.1, 0.15) is 0 Å². The molecule has 0 saturated heterocycles. The molecule has 0 rings (SSSR count). The summed E-state index contributed by atoms with van der Waals surface area (Å²) in [4.78, 5) is 21.1. The van der Waals surface area contributed by atoms with Crippen LogP contribution in [-0.2, 0) is 12.6 Å². The van der Waals surface area contributed by atoms with Gasteiger partial charge in [0.2, 0.25) is 0 Å². The molecule has 0 radical (unpaired) electrons. The van der Waals surface area contributed by atoms with E-state index in [1.807, 2.05) is 0 Å². The third-order valence-corrected chi connectivity index (χ3v) is 1.24. The van der Waals surface area contributed by atoms with Crippen LogP contribution < -0.4 is 5.32 Å². The van der Waals surface area contributed by atoms with Crippen molar-refractivity contribution in [2.75, 3.05) is 6.73 Å². The normalized spacial score (nSPS) is 8.50. The summed E-state index contributed by atoms with van der Waals surface area (Å²) < 4.78 is 8.72. The van der Waals surface area contributed by atoms with Gasteiger partial charge in [0.25, 0.3) is 0 Å². The number of ether oxygens (including phenoxy) is 1. The molecule has 0 spiro atoms. The Hall–Kier alpha value is -0.790. The number of hydrogen-bond acceptors (Lipinski definition) is 4. The molecule has 0 aliphatic heterocycles. The summed E-state index contributed by atoms with van der Waals surface area (Å²) in [5.74, 6) is -0.552. The molecular weight excluding hydrogens is 277 g/mol. The average molecular weight is 285 g/mol. The molecule has 68 valence electrons. The maximum absolute atomic E-state index is 10.7. The lowest BCUT2D eigenvalue weighted by Crippen LogP contribution is -2.26. The van der Waals surface area contributed by atoms with Gasteiger partial charge in [-0.25, -0.2) is 9.59 Å². The lowest BCUT2D eigenvalue weighted by Gasteiger charge is -2.03. The van der Waals surface area contributed by atoms with E-state index in [2.05, 4.69) is 19.7 Å². The van der Waals surface area contributed by atoms with E-state index in [1.54, 1.807) is 0 Å². The van der Waals surface area contributed by atoms with Crippen molar-refractivity contribution in [3.8, 4) is 0 Å². The van der Waals surface area contributed by atoms with Gasteiger partial charge in [0.05, 0.1) is 0 Å². The summed E-state index contributed by atoms with van der Waals surface area (Å²) >= 11 is 1.41. The Bertz CT molecular complexity index is 204. The predicted molar refractivity (Wildman–Crippen MR) is 49.4 cm³/mol. The summed E-state index contributed by atoms with van der Waals surface area (Å²) in [6.45, 7) is 4.65.